The normalized spacial score (nSPS) is 14.3. The van der Waals surface area contributed by atoms with Crippen LogP contribution >= 0.6 is 0 Å². The predicted octanol–water partition coefficient (Wildman–Crippen LogP) is 5.57. The summed E-state index contributed by atoms with van der Waals surface area (Å²) in [6.45, 7) is 0. The fourth-order valence-corrected chi connectivity index (χ4v) is 4.17. The molecular weight excluding hydrogens is 377 g/mol. The Balaban J connectivity index is 1.56. The summed E-state index contributed by atoms with van der Waals surface area (Å²) in [6, 6.07) is 13.6. The highest BCUT2D eigenvalue weighted by atomic mass is 19.1. The van der Waals surface area contributed by atoms with Crippen molar-refractivity contribution in [2.45, 2.75) is 25.3 Å². The maximum atomic E-state index is 15.8. The van der Waals surface area contributed by atoms with Crippen molar-refractivity contribution in [3.05, 3.63) is 73.2 Å². The van der Waals surface area contributed by atoms with Gasteiger partial charge in [0.25, 0.3) is 0 Å². The molecule has 0 unspecified atom stereocenters. The summed E-state index contributed by atoms with van der Waals surface area (Å²) in [5.74, 6) is -0.332. The van der Waals surface area contributed by atoms with Crippen molar-refractivity contribution in [3.63, 3.8) is 0 Å². The van der Waals surface area contributed by atoms with E-state index >= 15 is 4.39 Å². The van der Waals surface area contributed by atoms with E-state index in [4.69, 9.17) is 0 Å². The van der Waals surface area contributed by atoms with Crippen LogP contribution in [0.15, 0.2) is 67.4 Å². The zero-order valence-electron chi connectivity index (χ0n) is 16.2. The Morgan fingerprint density at radius 3 is 2.63 bits per heavy atom. The summed E-state index contributed by atoms with van der Waals surface area (Å²) in [7, 11) is 0. The molecule has 0 saturated heterocycles. The quantitative estimate of drug-likeness (QED) is 0.401. The van der Waals surface area contributed by atoms with Crippen LogP contribution in [0.4, 0.5) is 4.39 Å². The van der Waals surface area contributed by atoms with Gasteiger partial charge in [-0.15, -0.1) is 0 Å². The molecule has 0 atom stereocenters. The first-order valence-corrected chi connectivity index (χ1v) is 10.1. The summed E-state index contributed by atoms with van der Waals surface area (Å²) in [4.78, 5) is 17.6. The second kappa shape index (κ2) is 6.69. The van der Waals surface area contributed by atoms with E-state index in [9.17, 15) is 0 Å². The first kappa shape index (κ1) is 17.2. The van der Waals surface area contributed by atoms with Gasteiger partial charge in [0.2, 0.25) is 0 Å². The predicted molar refractivity (Wildman–Crippen MR) is 114 cm³/mol. The Morgan fingerprint density at radius 2 is 1.83 bits per heavy atom. The number of hydrogen-bond donors (Lipinski definition) is 0. The van der Waals surface area contributed by atoms with Crippen molar-refractivity contribution in [2.75, 3.05) is 0 Å². The molecular formula is C24H18FN5. The summed E-state index contributed by atoms with van der Waals surface area (Å²) < 4.78 is 17.9. The minimum absolute atomic E-state index is 0.332. The molecule has 1 aliphatic carbocycles. The van der Waals surface area contributed by atoms with Gasteiger partial charge in [-0.1, -0.05) is 24.3 Å². The lowest BCUT2D eigenvalue weighted by Crippen LogP contribution is -2.16. The molecule has 0 amide bonds. The van der Waals surface area contributed by atoms with E-state index in [0.717, 1.165) is 40.5 Å². The summed E-state index contributed by atoms with van der Waals surface area (Å²) in [5, 5.41) is 1.62. The summed E-state index contributed by atoms with van der Waals surface area (Å²) >= 11 is 0. The van der Waals surface area contributed by atoms with Crippen LogP contribution in [0.5, 0.6) is 0 Å². The highest BCUT2D eigenvalue weighted by Crippen LogP contribution is 2.39. The highest BCUT2D eigenvalue weighted by Gasteiger charge is 2.24. The molecule has 6 rings (SSSR count). The van der Waals surface area contributed by atoms with Gasteiger partial charge in [0.1, 0.15) is 17.5 Å². The zero-order chi connectivity index (χ0) is 20.1. The third-order valence-electron chi connectivity index (χ3n) is 5.98. The van der Waals surface area contributed by atoms with Crippen LogP contribution in [0, 0.1) is 5.82 Å². The summed E-state index contributed by atoms with van der Waals surface area (Å²) in [6.07, 6.45) is 10.5. The third kappa shape index (κ3) is 2.60. The SMILES string of the molecule is Fc1c(-c2cn(C3CCC3)c3ncncc23)ccc2ccc(-c3ccccn3)nc12. The van der Waals surface area contributed by atoms with E-state index in [2.05, 4.69) is 24.5 Å². The fourth-order valence-electron chi connectivity index (χ4n) is 4.17. The van der Waals surface area contributed by atoms with Gasteiger partial charge in [0.05, 0.1) is 11.4 Å². The van der Waals surface area contributed by atoms with Crippen LogP contribution in [0.25, 0.3) is 44.5 Å². The van der Waals surface area contributed by atoms with Crippen molar-refractivity contribution in [3.8, 4) is 22.5 Å². The van der Waals surface area contributed by atoms with Gasteiger partial charge in [-0.25, -0.2) is 19.3 Å². The Hall–Kier alpha value is -3.67. The number of aromatic nitrogens is 5. The molecule has 30 heavy (non-hydrogen) atoms. The molecule has 0 radical (unpaired) electrons. The van der Waals surface area contributed by atoms with Crippen LogP contribution < -0.4 is 0 Å². The maximum absolute atomic E-state index is 15.8. The van der Waals surface area contributed by atoms with Crippen LogP contribution in [-0.4, -0.2) is 24.5 Å². The van der Waals surface area contributed by atoms with Crippen molar-refractivity contribution >= 4 is 21.9 Å². The lowest BCUT2D eigenvalue weighted by Gasteiger charge is -2.27. The van der Waals surface area contributed by atoms with Crippen molar-refractivity contribution in [1.82, 2.24) is 24.5 Å². The minimum atomic E-state index is -0.332. The molecule has 0 aliphatic heterocycles. The average Bonchev–Trinajstić information content (AvgIpc) is 3.12. The number of pyridine rings is 2. The Morgan fingerprint density at radius 1 is 0.933 bits per heavy atom. The van der Waals surface area contributed by atoms with Gasteiger partial charge in [-0.05, 0) is 37.5 Å². The molecule has 1 aliphatic rings. The molecule has 5 aromatic rings. The van der Waals surface area contributed by atoms with E-state index in [1.165, 1.54) is 6.42 Å². The molecule has 5 nitrogen and oxygen atoms in total. The molecule has 0 spiro atoms. The van der Waals surface area contributed by atoms with Crippen LogP contribution in [0.2, 0.25) is 0 Å². The number of hydrogen-bond acceptors (Lipinski definition) is 4. The van der Waals surface area contributed by atoms with Crippen LogP contribution in [0.3, 0.4) is 0 Å². The van der Waals surface area contributed by atoms with Crippen LogP contribution in [0.1, 0.15) is 25.3 Å². The van der Waals surface area contributed by atoms with Gasteiger partial charge in [-0.3, -0.25) is 4.98 Å². The zero-order valence-corrected chi connectivity index (χ0v) is 16.2. The molecule has 0 N–H and O–H groups in total. The number of benzene rings is 1. The first-order chi connectivity index (χ1) is 14.8. The van der Waals surface area contributed by atoms with Gasteiger partial charge in [0.15, 0.2) is 5.82 Å². The second-order valence-electron chi connectivity index (χ2n) is 7.71. The first-order valence-electron chi connectivity index (χ1n) is 10.1. The van der Waals surface area contributed by atoms with Crippen molar-refractivity contribution in [2.24, 2.45) is 0 Å². The lowest BCUT2D eigenvalue weighted by molar-refractivity contribution is 0.320. The Bertz CT molecular complexity index is 1390. The van der Waals surface area contributed by atoms with E-state index < -0.39 is 0 Å². The molecule has 4 aromatic heterocycles. The number of fused-ring (bicyclic) bond motifs is 2. The number of halogens is 1. The average molecular weight is 395 g/mol. The van der Waals surface area contributed by atoms with Crippen LogP contribution in [-0.2, 0) is 0 Å². The van der Waals surface area contributed by atoms with Gasteiger partial charge in [-0.2, -0.15) is 0 Å². The standard InChI is InChI=1S/C24H18FN5/c25-22-17(19-13-30(16-4-3-5-16)24-18(19)12-26-14-28-24)9-7-15-8-10-21(29-23(15)22)20-6-1-2-11-27-20/h1-2,6-14,16H,3-5H2. The Labute approximate surface area is 172 Å². The van der Waals surface area contributed by atoms with E-state index in [0.29, 0.717) is 22.8 Å². The van der Waals surface area contributed by atoms with Crippen molar-refractivity contribution in [1.29, 1.82) is 0 Å². The van der Waals surface area contributed by atoms with Gasteiger partial charge >= 0.3 is 0 Å². The second-order valence-corrected chi connectivity index (χ2v) is 7.71. The largest absolute Gasteiger partial charge is 0.329 e. The topological polar surface area (TPSA) is 56.5 Å². The monoisotopic (exact) mass is 395 g/mol. The highest BCUT2D eigenvalue weighted by molar-refractivity contribution is 5.97. The van der Waals surface area contributed by atoms with Gasteiger partial charge < -0.3 is 4.57 Å². The molecule has 1 aromatic carbocycles. The van der Waals surface area contributed by atoms with Crippen molar-refractivity contribution < 1.29 is 4.39 Å². The molecule has 146 valence electrons. The number of rotatable bonds is 3. The van der Waals surface area contributed by atoms with E-state index in [-0.39, 0.29) is 5.82 Å². The maximum Gasteiger partial charge on any atom is 0.157 e. The minimum Gasteiger partial charge on any atom is -0.329 e. The summed E-state index contributed by atoms with van der Waals surface area (Å²) in [5.41, 5.74) is 3.91. The van der Waals surface area contributed by atoms with Gasteiger partial charge in [0, 0.05) is 46.5 Å². The molecule has 6 heteroatoms. The van der Waals surface area contributed by atoms with E-state index in [1.807, 2.05) is 48.7 Å². The lowest BCUT2D eigenvalue weighted by atomic mass is 9.93. The van der Waals surface area contributed by atoms with E-state index in [1.54, 1.807) is 18.7 Å². The smallest absolute Gasteiger partial charge is 0.157 e. The fraction of sp³-hybridized carbons (Fsp3) is 0.167. The molecule has 0 bridgehead atoms. The molecule has 1 saturated carbocycles. The Kier molecular flexibility index (Phi) is 3.84. The molecule has 1 fully saturated rings. The third-order valence-corrected chi connectivity index (χ3v) is 5.98. The molecule has 4 heterocycles. The number of nitrogens with zero attached hydrogens (tertiary/aromatic N) is 5.